The lowest BCUT2D eigenvalue weighted by Crippen LogP contribution is -2.48. The molecule has 1 aromatic rings. The molecule has 0 aliphatic heterocycles. The smallest absolute Gasteiger partial charge is 0.237 e. The Hall–Kier alpha value is -1.88. The van der Waals surface area contributed by atoms with Crippen molar-refractivity contribution in [3.63, 3.8) is 0 Å². The normalized spacial score (nSPS) is 19.3. The number of carbonyl (C=O) groups excluding carboxylic acids is 2. The van der Waals surface area contributed by atoms with E-state index < -0.39 is 11.9 Å². The van der Waals surface area contributed by atoms with Crippen LogP contribution in [-0.2, 0) is 22.4 Å². The molecule has 0 spiro atoms. The first-order chi connectivity index (χ1) is 9.06. The Labute approximate surface area is 112 Å². The van der Waals surface area contributed by atoms with E-state index in [9.17, 15) is 9.59 Å². The SMILES string of the molecule is NC(=O)CC(N)C(=O)NC1CCc2ccccc2C1. The highest BCUT2D eigenvalue weighted by atomic mass is 16.2. The average molecular weight is 261 g/mol. The third-order valence-corrected chi connectivity index (χ3v) is 3.45. The van der Waals surface area contributed by atoms with Crippen molar-refractivity contribution in [1.82, 2.24) is 5.32 Å². The Bertz CT molecular complexity index is 487. The number of fused-ring (bicyclic) bond motifs is 1. The lowest BCUT2D eigenvalue weighted by Gasteiger charge is -2.26. The van der Waals surface area contributed by atoms with E-state index in [0.29, 0.717) is 0 Å². The summed E-state index contributed by atoms with van der Waals surface area (Å²) in [6.45, 7) is 0. The van der Waals surface area contributed by atoms with Crippen LogP contribution in [0.1, 0.15) is 24.0 Å². The van der Waals surface area contributed by atoms with Crippen LogP contribution in [0, 0.1) is 0 Å². The maximum Gasteiger partial charge on any atom is 0.237 e. The number of primary amides is 1. The van der Waals surface area contributed by atoms with Crippen molar-refractivity contribution in [2.75, 3.05) is 0 Å². The second-order valence-corrected chi connectivity index (χ2v) is 4.99. The van der Waals surface area contributed by atoms with E-state index in [1.807, 2.05) is 12.1 Å². The molecule has 2 rings (SSSR count). The molecule has 0 radical (unpaired) electrons. The fraction of sp³-hybridized carbons (Fsp3) is 0.429. The number of hydrogen-bond donors (Lipinski definition) is 3. The third-order valence-electron chi connectivity index (χ3n) is 3.45. The molecule has 5 heteroatoms. The minimum Gasteiger partial charge on any atom is -0.370 e. The van der Waals surface area contributed by atoms with Crippen LogP contribution in [0.15, 0.2) is 24.3 Å². The number of hydrogen-bond acceptors (Lipinski definition) is 3. The van der Waals surface area contributed by atoms with Gasteiger partial charge in [0.2, 0.25) is 11.8 Å². The summed E-state index contributed by atoms with van der Waals surface area (Å²) < 4.78 is 0. The first-order valence-corrected chi connectivity index (χ1v) is 6.47. The molecular weight excluding hydrogens is 242 g/mol. The molecule has 0 aromatic heterocycles. The molecule has 1 aliphatic carbocycles. The molecule has 0 saturated carbocycles. The third kappa shape index (κ3) is 3.54. The van der Waals surface area contributed by atoms with Crippen molar-refractivity contribution in [1.29, 1.82) is 0 Å². The zero-order valence-electron chi connectivity index (χ0n) is 10.8. The molecule has 2 unspecified atom stereocenters. The van der Waals surface area contributed by atoms with Crippen LogP contribution < -0.4 is 16.8 Å². The van der Waals surface area contributed by atoms with Gasteiger partial charge in [-0.2, -0.15) is 0 Å². The maximum absolute atomic E-state index is 11.8. The van der Waals surface area contributed by atoms with Crippen LogP contribution in [0.4, 0.5) is 0 Å². The second-order valence-electron chi connectivity index (χ2n) is 4.99. The van der Waals surface area contributed by atoms with Crippen LogP contribution in [0.5, 0.6) is 0 Å². The number of benzene rings is 1. The van der Waals surface area contributed by atoms with Crippen molar-refractivity contribution in [3.05, 3.63) is 35.4 Å². The predicted molar refractivity (Wildman–Crippen MR) is 72.2 cm³/mol. The summed E-state index contributed by atoms with van der Waals surface area (Å²) in [4.78, 5) is 22.5. The van der Waals surface area contributed by atoms with E-state index in [1.165, 1.54) is 11.1 Å². The van der Waals surface area contributed by atoms with Gasteiger partial charge in [-0.25, -0.2) is 0 Å². The van der Waals surface area contributed by atoms with Crippen molar-refractivity contribution < 1.29 is 9.59 Å². The average Bonchev–Trinajstić information content (AvgIpc) is 2.37. The fourth-order valence-corrected chi connectivity index (χ4v) is 2.44. The van der Waals surface area contributed by atoms with E-state index in [0.717, 1.165) is 19.3 Å². The van der Waals surface area contributed by atoms with Gasteiger partial charge < -0.3 is 16.8 Å². The van der Waals surface area contributed by atoms with Gasteiger partial charge in [-0.1, -0.05) is 24.3 Å². The highest BCUT2D eigenvalue weighted by molar-refractivity contribution is 5.87. The molecule has 102 valence electrons. The number of aryl methyl sites for hydroxylation is 1. The van der Waals surface area contributed by atoms with Crippen molar-refractivity contribution in [3.8, 4) is 0 Å². The van der Waals surface area contributed by atoms with Gasteiger partial charge >= 0.3 is 0 Å². The molecule has 2 atom stereocenters. The van der Waals surface area contributed by atoms with Gasteiger partial charge in [0.1, 0.15) is 0 Å². The lowest BCUT2D eigenvalue weighted by atomic mass is 9.88. The highest BCUT2D eigenvalue weighted by Crippen LogP contribution is 2.20. The quantitative estimate of drug-likeness (QED) is 0.703. The fourth-order valence-electron chi connectivity index (χ4n) is 2.44. The van der Waals surface area contributed by atoms with Crippen LogP contribution in [0.25, 0.3) is 0 Å². The monoisotopic (exact) mass is 261 g/mol. The Balaban J connectivity index is 1.91. The van der Waals surface area contributed by atoms with E-state index in [4.69, 9.17) is 11.5 Å². The summed E-state index contributed by atoms with van der Waals surface area (Å²) in [5.41, 5.74) is 13.3. The standard InChI is InChI=1S/C14H19N3O2/c15-12(8-13(16)18)14(19)17-11-6-5-9-3-1-2-4-10(9)7-11/h1-4,11-12H,5-8,15H2,(H2,16,18)(H,17,19). The molecular formula is C14H19N3O2. The highest BCUT2D eigenvalue weighted by Gasteiger charge is 2.23. The molecule has 19 heavy (non-hydrogen) atoms. The Morgan fingerprint density at radius 2 is 2.00 bits per heavy atom. The number of nitrogens with two attached hydrogens (primary N) is 2. The zero-order chi connectivity index (χ0) is 13.8. The number of nitrogens with one attached hydrogen (secondary N) is 1. The Kier molecular flexibility index (Phi) is 4.16. The van der Waals surface area contributed by atoms with Gasteiger partial charge in [-0.15, -0.1) is 0 Å². The van der Waals surface area contributed by atoms with E-state index >= 15 is 0 Å². The largest absolute Gasteiger partial charge is 0.370 e. The molecule has 2 amide bonds. The van der Waals surface area contributed by atoms with Gasteiger partial charge in [-0.3, -0.25) is 9.59 Å². The summed E-state index contributed by atoms with van der Waals surface area (Å²) in [5.74, 6) is -0.861. The molecule has 5 N–H and O–H groups in total. The molecule has 0 saturated heterocycles. The summed E-state index contributed by atoms with van der Waals surface area (Å²) in [6, 6.07) is 7.46. The van der Waals surface area contributed by atoms with Gasteiger partial charge in [0.25, 0.3) is 0 Å². The second kappa shape index (κ2) is 5.84. The Morgan fingerprint density at radius 1 is 1.32 bits per heavy atom. The zero-order valence-corrected chi connectivity index (χ0v) is 10.8. The van der Waals surface area contributed by atoms with Gasteiger partial charge in [0.05, 0.1) is 12.5 Å². The van der Waals surface area contributed by atoms with Gasteiger partial charge in [0, 0.05) is 6.04 Å². The first kappa shape index (κ1) is 13.5. The van der Waals surface area contributed by atoms with Crippen LogP contribution >= 0.6 is 0 Å². The van der Waals surface area contributed by atoms with E-state index in [-0.39, 0.29) is 18.4 Å². The van der Waals surface area contributed by atoms with Crippen LogP contribution in [-0.4, -0.2) is 23.9 Å². The minimum absolute atomic E-state index is 0.0846. The molecule has 5 nitrogen and oxygen atoms in total. The molecule has 0 heterocycles. The summed E-state index contributed by atoms with van der Waals surface area (Å²) in [7, 11) is 0. The van der Waals surface area contributed by atoms with E-state index in [2.05, 4.69) is 17.4 Å². The topological polar surface area (TPSA) is 98.2 Å². The summed E-state index contributed by atoms with van der Waals surface area (Å²) >= 11 is 0. The molecule has 0 fully saturated rings. The molecule has 1 aromatic carbocycles. The van der Waals surface area contributed by atoms with Crippen molar-refractivity contribution in [2.45, 2.75) is 37.8 Å². The van der Waals surface area contributed by atoms with Gasteiger partial charge in [0.15, 0.2) is 0 Å². The van der Waals surface area contributed by atoms with Gasteiger partial charge in [-0.05, 0) is 30.4 Å². The lowest BCUT2D eigenvalue weighted by molar-refractivity contribution is -0.126. The van der Waals surface area contributed by atoms with Crippen molar-refractivity contribution in [2.24, 2.45) is 11.5 Å². The summed E-state index contributed by atoms with van der Waals surface area (Å²) in [6.07, 6.45) is 2.54. The number of amides is 2. The number of carbonyl (C=O) groups is 2. The predicted octanol–water partition coefficient (Wildman–Crippen LogP) is -0.137. The Morgan fingerprint density at radius 3 is 2.68 bits per heavy atom. The number of rotatable bonds is 4. The minimum atomic E-state index is -0.852. The molecule has 1 aliphatic rings. The van der Waals surface area contributed by atoms with Crippen LogP contribution in [0.3, 0.4) is 0 Å². The van der Waals surface area contributed by atoms with Crippen LogP contribution in [0.2, 0.25) is 0 Å². The summed E-state index contributed by atoms with van der Waals surface area (Å²) in [5, 5.41) is 2.89. The van der Waals surface area contributed by atoms with E-state index in [1.54, 1.807) is 0 Å². The van der Waals surface area contributed by atoms with Crippen molar-refractivity contribution >= 4 is 11.8 Å². The first-order valence-electron chi connectivity index (χ1n) is 6.47. The maximum atomic E-state index is 11.8. The molecule has 0 bridgehead atoms.